The van der Waals surface area contributed by atoms with Crippen LogP contribution in [0.5, 0.6) is 11.5 Å². The lowest BCUT2D eigenvalue weighted by Gasteiger charge is -2.30. The van der Waals surface area contributed by atoms with E-state index in [1.807, 2.05) is 54.6 Å². The van der Waals surface area contributed by atoms with Gasteiger partial charge in [0.25, 0.3) is 0 Å². The maximum absolute atomic E-state index is 12.0. The van der Waals surface area contributed by atoms with Gasteiger partial charge in [-0.2, -0.15) is 0 Å². The minimum atomic E-state index is -1.22. The van der Waals surface area contributed by atoms with Gasteiger partial charge in [-0.3, -0.25) is 4.98 Å². The van der Waals surface area contributed by atoms with Crippen LogP contribution < -0.4 is 9.47 Å². The molecule has 0 aliphatic heterocycles. The highest BCUT2D eigenvalue weighted by Crippen LogP contribution is 2.39. The molecule has 30 heavy (non-hydrogen) atoms. The number of aromatic nitrogens is 1. The van der Waals surface area contributed by atoms with E-state index in [9.17, 15) is 5.11 Å². The quantitative estimate of drug-likeness (QED) is 0.487. The summed E-state index contributed by atoms with van der Waals surface area (Å²) in [4.78, 5) is 4.10. The Morgan fingerprint density at radius 2 is 1.63 bits per heavy atom. The second-order valence-electron chi connectivity index (χ2n) is 7.79. The Labute approximate surface area is 186 Å². The number of aliphatic hydroxyl groups is 1. The largest absolute Gasteiger partial charge is 0.493 e. The molecule has 1 heterocycles. The van der Waals surface area contributed by atoms with E-state index >= 15 is 0 Å². The van der Waals surface area contributed by atoms with Gasteiger partial charge in [0, 0.05) is 23.3 Å². The lowest BCUT2D eigenvalue weighted by Crippen LogP contribution is -2.30. The van der Waals surface area contributed by atoms with Crippen LogP contribution in [-0.4, -0.2) is 23.3 Å². The maximum atomic E-state index is 12.0. The summed E-state index contributed by atoms with van der Waals surface area (Å²) in [6.07, 6.45) is 8.62. The molecule has 1 saturated carbocycles. The smallest absolute Gasteiger partial charge is 0.161 e. The fourth-order valence-electron chi connectivity index (χ4n) is 4.10. The Hall–Kier alpha value is -2.37. The van der Waals surface area contributed by atoms with E-state index in [0.717, 1.165) is 34.0 Å². The number of pyridine rings is 1. The van der Waals surface area contributed by atoms with Gasteiger partial charge in [0.2, 0.25) is 0 Å². The van der Waals surface area contributed by atoms with Crippen molar-refractivity contribution in [2.45, 2.75) is 43.8 Å². The molecule has 1 N–H and O–H groups in total. The third-order valence-corrected chi connectivity index (χ3v) is 6.30. The zero-order chi connectivity index (χ0) is 21.0. The standard InChI is InChI=1S/C25H26BrNO3/c1-29-23-11-8-20(16-24(23)30-22-4-2-3-5-22)25(28,17-18-12-14-27-15-13-18)19-6-9-21(26)10-7-19/h6-16,22,28H,2-5,17H2,1H3. The summed E-state index contributed by atoms with van der Waals surface area (Å²) in [6, 6.07) is 17.4. The number of benzene rings is 2. The molecular formula is C25H26BrNO3. The fraction of sp³-hybridized carbons (Fsp3) is 0.320. The first-order valence-corrected chi connectivity index (χ1v) is 11.1. The van der Waals surface area contributed by atoms with E-state index in [1.54, 1.807) is 19.5 Å². The molecule has 4 nitrogen and oxygen atoms in total. The number of hydrogen-bond acceptors (Lipinski definition) is 4. The molecular weight excluding hydrogens is 442 g/mol. The minimum Gasteiger partial charge on any atom is -0.493 e. The van der Waals surface area contributed by atoms with Gasteiger partial charge in [-0.1, -0.05) is 34.1 Å². The Bertz CT molecular complexity index is 971. The van der Waals surface area contributed by atoms with Gasteiger partial charge in [-0.25, -0.2) is 0 Å². The number of rotatable bonds is 7. The van der Waals surface area contributed by atoms with Crippen molar-refractivity contribution in [1.82, 2.24) is 4.98 Å². The molecule has 1 aliphatic rings. The van der Waals surface area contributed by atoms with E-state index in [4.69, 9.17) is 9.47 Å². The van der Waals surface area contributed by atoms with Gasteiger partial charge < -0.3 is 14.6 Å². The number of methoxy groups -OCH3 is 1. The number of ether oxygens (including phenoxy) is 2. The highest BCUT2D eigenvalue weighted by molar-refractivity contribution is 9.10. The predicted octanol–water partition coefficient (Wildman–Crippen LogP) is 5.65. The Morgan fingerprint density at radius 1 is 0.967 bits per heavy atom. The zero-order valence-electron chi connectivity index (χ0n) is 17.1. The molecule has 1 atom stereocenters. The van der Waals surface area contributed by atoms with Crippen molar-refractivity contribution in [1.29, 1.82) is 0 Å². The van der Waals surface area contributed by atoms with E-state index in [1.165, 1.54) is 12.8 Å². The normalized spacial score (nSPS) is 16.2. The average Bonchev–Trinajstić information content (AvgIpc) is 3.28. The first-order valence-electron chi connectivity index (χ1n) is 10.3. The summed E-state index contributed by atoms with van der Waals surface area (Å²) >= 11 is 3.49. The molecule has 1 fully saturated rings. The monoisotopic (exact) mass is 467 g/mol. The molecule has 3 aromatic rings. The molecule has 1 aliphatic carbocycles. The van der Waals surface area contributed by atoms with Gasteiger partial charge in [-0.15, -0.1) is 0 Å². The summed E-state index contributed by atoms with van der Waals surface area (Å²) in [5, 5.41) is 12.0. The van der Waals surface area contributed by atoms with Crippen molar-refractivity contribution in [3.8, 4) is 11.5 Å². The van der Waals surface area contributed by atoms with Crippen molar-refractivity contribution < 1.29 is 14.6 Å². The molecule has 0 amide bonds. The third kappa shape index (κ3) is 4.52. The van der Waals surface area contributed by atoms with Crippen LogP contribution in [0, 0.1) is 0 Å². The Balaban J connectivity index is 1.76. The lowest BCUT2D eigenvalue weighted by molar-refractivity contribution is 0.0803. The van der Waals surface area contributed by atoms with Crippen LogP contribution in [0.3, 0.4) is 0 Å². The molecule has 1 aromatic heterocycles. The predicted molar refractivity (Wildman–Crippen MR) is 121 cm³/mol. The highest BCUT2D eigenvalue weighted by atomic mass is 79.9. The average molecular weight is 468 g/mol. The van der Waals surface area contributed by atoms with Crippen LogP contribution in [0.4, 0.5) is 0 Å². The second kappa shape index (κ2) is 9.19. The summed E-state index contributed by atoms with van der Waals surface area (Å²) in [5.41, 5.74) is 1.38. The molecule has 156 valence electrons. The fourth-order valence-corrected chi connectivity index (χ4v) is 4.37. The van der Waals surface area contributed by atoms with Crippen molar-refractivity contribution in [3.05, 3.63) is 88.2 Å². The van der Waals surface area contributed by atoms with Gasteiger partial charge in [0.1, 0.15) is 5.60 Å². The third-order valence-electron chi connectivity index (χ3n) is 5.77. The maximum Gasteiger partial charge on any atom is 0.161 e. The van der Waals surface area contributed by atoms with Crippen LogP contribution >= 0.6 is 15.9 Å². The minimum absolute atomic E-state index is 0.204. The molecule has 4 rings (SSSR count). The van der Waals surface area contributed by atoms with Crippen molar-refractivity contribution in [2.24, 2.45) is 0 Å². The highest BCUT2D eigenvalue weighted by Gasteiger charge is 2.33. The lowest BCUT2D eigenvalue weighted by atomic mass is 9.81. The van der Waals surface area contributed by atoms with E-state index in [-0.39, 0.29) is 6.10 Å². The van der Waals surface area contributed by atoms with Crippen molar-refractivity contribution in [3.63, 3.8) is 0 Å². The van der Waals surface area contributed by atoms with Crippen LogP contribution in [0.15, 0.2) is 71.5 Å². The first kappa shape index (κ1) is 20.9. The first-order chi connectivity index (χ1) is 14.6. The Morgan fingerprint density at radius 3 is 2.30 bits per heavy atom. The summed E-state index contributed by atoms with van der Waals surface area (Å²) in [6.45, 7) is 0. The molecule has 0 radical (unpaired) electrons. The van der Waals surface area contributed by atoms with Gasteiger partial charge in [0.05, 0.1) is 13.2 Å². The van der Waals surface area contributed by atoms with E-state index in [2.05, 4.69) is 20.9 Å². The molecule has 0 spiro atoms. The molecule has 2 aromatic carbocycles. The molecule has 0 saturated heterocycles. The van der Waals surface area contributed by atoms with Gasteiger partial charge in [-0.05, 0) is 78.8 Å². The number of nitrogens with zero attached hydrogens (tertiary/aromatic N) is 1. The van der Waals surface area contributed by atoms with Crippen molar-refractivity contribution in [2.75, 3.05) is 7.11 Å². The summed E-state index contributed by atoms with van der Waals surface area (Å²) < 4.78 is 12.8. The Kier molecular flexibility index (Phi) is 6.40. The van der Waals surface area contributed by atoms with Gasteiger partial charge in [0.15, 0.2) is 11.5 Å². The zero-order valence-corrected chi connectivity index (χ0v) is 18.6. The second-order valence-corrected chi connectivity index (χ2v) is 8.71. The molecule has 1 unspecified atom stereocenters. The van der Waals surface area contributed by atoms with Gasteiger partial charge >= 0.3 is 0 Å². The summed E-state index contributed by atoms with van der Waals surface area (Å²) in [7, 11) is 1.65. The molecule has 0 bridgehead atoms. The number of hydrogen-bond donors (Lipinski definition) is 1. The topological polar surface area (TPSA) is 51.6 Å². The van der Waals surface area contributed by atoms with Crippen LogP contribution in [0.1, 0.15) is 42.4 Å². The van der Waals surface area contributed by atoms with Crippen molar-refractivity contribution >= 4 is 15.9 Å². The SMILES string of the molecule is COc1ccc(C(O)(Cc2ccncc2)c2ccc(Br)cc2)cc1OC1CCCC1. The number of halogens is 1. The van der Waals surface area contributed by atoms with Crippen LogP contribution in [0.25, 0.3) is 0 Å². The summed E-state index contributed by atoms with van der Waals surface area (Å²) in [5.74, 6) is 1.37. The van der Waals surface area contributed by atoms with E-state index in [0.29, 0.717) is 17.9 Å². The van der Waals surface area contributed by atoms with E-state index < -0.39 is 5.60 Å². The van der Waals surface area contributed by atoms with Crippen LogP contribution in [-0.2, 0) is 12.0 Å². The molecule has 5 heteroatoms. The van der Waals surface area contributed by atoms with Crippen LogP contribution in [0.2, 0.25) is 0 Å².